The van der Waals surface area contributed by atoms with E-state index in [1.54, 1.807) is 0 Å². The van der Waals surface area contributed by atoms with E-state index in [1.807, 2.05) is 46.8 Å². The molecule has 0 saturated carbocycles. The molecule has 0 aliphatic carbocycles. The van der Waals surface area contributed by atoms with Crippen LogP contribution >= 0.6 is 24.0 Å². The topological polar surface area (TPSA) is 79.5 Å². The molecule has 0 atom stereocenters. The Balaban J connectivity index is 0.00000441. The van der Waals surface area contributed by atoms with Crippen molar-refractivity contribution in [3.63, 3.8) is 0 Å². The molecule has 0 spiro atoms. The van der Waals surface area contributed by atoms with Gasteiger partial charge in [0, 0.05) is 12.2 Å². The van der Waals surface area contributed by atoms with Crippen molar-refractivity contribution in [1.29, 1.82) is 0 Å². The highest BCUT2D eigenvalue weighted by atomic mass is 127. The molecule has 1 rings (SSSR count). The van der Waals surface area contributed by atoms with Gasteiger partial charge in [-0.05, 0) is 57.9 Å². The molecule has 22 heavy (non-hydrogen) atoms. The lowest BCUT2D eigenvalue weighted by Gasteiger charge is -2.21. The van der Waals surface area contributed by atoms with Gasteiger partial charge in [-0.15, -0.1) is 24.0 Å². The second kappa shape index (κ2) is 8.97. The van der Waals surface area contributed by atoms with Crippen molar-refractivity contribution < 1.29 is 4.79 Å². The number of hydrogen-bond donors (Lipinski definition) is 3. The van der Waals surface area contributed by atoms with Crippen molar-refractivity contribution >= 4 is 41.5 Å². The van der Waals surface area contributed by atoms with Crippen LogP contribution < -0.4 is 16.4 Å². The molecular weight excluding hydrogens is 391 g/mol. The quantitative estimate of drug-likeness (QED) is 0.391. The molecule has 0 radical (unpaired) electrons. The minimum atomic E-state index is -0.579. The Morgan fingerprint density at radius 3 is 2.27 bits per heavy atom. The fourth-order valence-corrected chi connectivity index (χ4v) is 1.99. The summed E-state index contributed by atoms with van der Waals surface area (Å²) in [7, 11) is 0. The number of hydrogen-bond acceptors (Lipinski definition) is 2. The highest BCUT2D eigenvalue weighted by Gasteiger charge is 2.26. The maximum Gasteiger partial charge on any atom is 0.227 e. The van der Waals surface area contributed by atoms with Gasteiger partial charge in [0.05, 0.1) is 12.0 Å². The average molecular weight is 418 g/mol. The molecule has 0 heterocycles. The van der Waals surface area contributed by atoms with Gasteiger partial charge in [0.1, 0.15) is 0 Å². The number of halogens is 1. The first kappa shape index (κ1) is 20.7. The van der Waals surface area contributed by atoms with Crippen LogP contribution in [0.5, 0.6) is 0 Å². The fourth-order valence-electron chi connectivity index (χ4n) is 1.99. The van der Waals surface area contributed by atoms with E-state index in [9.17, 15) is 4.79 Å². The van der Waals surface area contributed by atoms with Gasteiger partial charge in [-0.3, -0.25) is 9.79 Å². The van der Waals surface area contributed by atoms with E-state index < -0.39 is 5.41 Å². The summed E-state index contributed by atoms with van der Waals surface area (Å²) in [6.45, 7) is 10.6. The minimum Gasteiger partial charge on any atom is -0.370 e. The highest BCUT2D eigenvalue weighted by molar-refractivity contribution is 14.0. The van der Waals surface area contributed by atoms with Gasteiger partial charge in [0.15, 0.2) is 5.96 Å². The van der Waals surface area contributed by atoms with Gasteiger partial charge >= 0.3 is 0 Å². The number of benzene rings is 1. The average Bonchev–Trinajstić information content (AvgIpc) is 2.35. The van der Waals surface area contributed by atoms with Gasteiger partial charge < -0.3 is 16.4 Å². The van der Waals surface area contributed by atoms with Crippen molar-refractivity contribution in [3.05, 3.63) is 29.3 Å². The van der Waals surface area contributed by atoms with E-state index in [2.05, 4.69) is 21.7 Å². The molecule has 0 saturated heterocycles. The summed E-state index contributed by atoms with van der Waals surface area (Å²) in [5.41, 5.74) is 8.54. The molecule has 6 heteroatoms. The zero-order valence-corrected chi connectivity index (χ0v) is 16.3. The number of aryl methyl sites for hydroxylation is 2. The molecule has 0 aromatic heterocycles. The molecule has 0 unspecified atom stereocenters. The first-order valence-electron chi connectivity index (χ1n) is 7.18. The van der Waals surface area contributed by atoms with Crippen molar-refractivity contribution in [3.8, 4) is 0 Å². The number of carbonyl (C=O) groups excluding carboxylic acids is 1. The van der Waals surface area contributed by atoms with Crippen LogP contribution in [0.4, 0.5) is 5.69 Å². The van der Waals surface area contributed by atoms with Crippen LogP contribution in [0.3, 0.4) is 0 Å². The summed E-state index contributed by atoms with van der Waals surface area (Å²) in [6, 6.07) is 6.10. The summed E-state index contributed by atoms with van der Waals surface area (Å²) >= 11 is 0. The molecule has 0 aliphatic heterocycles. The van der Waals surface area contributed by atoms with Gasteiger partial charge in [0.2, 0.25) is 5.91 Å². The third-order valence-electron chi connectivity index (χ3n) is 3.09. The van der Waals surface area contributed by atoms with Crippen LogP contribution in [0.2, 0.25) is 0 Å². The summed E-state index contributed by atoms with van der Waals surface area (Å²) in [5, 5.41) is 5.87. The van der Waals surface area contributed by atoms with E-state index >= 15 is 0 Å². The largest absolute Gasteiger partial charge is 0.370 e. The predicted molar refractivity (Wildman–Crippen MR) is 104 cm³/mol. The predicted octanol–water partition coefficient (Wildman–Crippen LogP) is 2.81. The number of aliphatic imine (C=N–C) groups is 1. The maximum atomic E-state index is 11.9. The Bertz CT molecular complexity index is 521. The Morgan fingerprint density at radius 2 is 1.77 bits per heavy atom. The first-order chi connectivity index (χ1) is 9.74. The third-order valence-corrected chi connectivity index (χ3v) is 3.09. The lowest BCUT2D eigenvalue weighted by molar-refractivity contribution is -0.128. The molecule has 124 valence electrons. The molecule has 4 N–H and O–H groups in total. The number of nitrogens with one attached hydrogen (secondary N) is 2. The summed E-state index contributed by atoms with van der Waals surface area (Å²) in [5.74, 6) is 0.297. The van der Waals surface area contributed by atoms with E-state index in [4.69, 9.17) is 5.73 Å². The van der Waals surface area contributed by atoms with Crippen LogP contribution in [-0.2, 0) is 4.79 Å². The summed E-state index contributed by atoms with van der Waals surface area (Å²) in [4.78, 5) is 16.2. The van der Waals surface area contributed by atoms with Crippen LogP contribution in [0.15, 0.2) is 23.2 Å². The van der Waals surface area contributed by atoms with E-state index in [0.717, 1.165) is 16.8 Å². The number of amides is 1. The van der Waals surface area contributed by atoms with Gasteiger partial charge in [-0.1, -0.05) is 6.07 Å². The SMILES string of the molecule is CCNC(=O)C(C)(C)CN=C(N)Nc1cc(C)cc(C)c1.I. The highest BCUT2D eigenvalue weighted by Crippen LogP contribution is 2.16. The molecule has 0 aliphatic rings. The maximum absolute atomic E-state index is 11.9. The Hall–Kier alpha value is -1.31. The van der Waals surface area contributed by atoms with Crippen molar-refractivity contribution in [2.45, 2.75) is 34.6 Å². The summed E-state index contributed by atoms with van der Waals surface area (Å²) < 4.78 is 0. The molecule has 1 amide bonds. The first-order valence-corrected chi connectivity index (χ1v) is 7.18. The Morgan fingerprint density at radius 1 is 1.23 bits per heavy atom. The van der Waals surface area contributed by atoms with Crippen LogP contribution in [-0.4, -0.2) is 25.0 Å². The second-order valence-corrected chi connectivity index (χ2v) is 5.95. The number of carbonyl (C=O) groups is 1. The normalized spacial score (nSPS) is 11.6. The minimum absolute atomic E-state index is 0. The van der Waals surface area contributed by atoms with Crippen molar-refractivity contribution in [2.24, 2.45) is 16.1 Å². The number of rotatable bonds is 5. The number of nitrogens with two attached hydrogens (primary N) is 1. The van der Waals surface area contributed by atoms with Crippen molar-refractivity contribution in [1.82, 2.24) is 5.32 Å². The van der Waals surface area contributed by atoms with Gasteiger partial charge in [0.25, 0.3) is 0 Å². The monoisotopic (exact) mass is 418 g/mol. The number of nitrogens with zero attached hydrogens (tertiary/aromatic N) is 1. The number of guanidine groups is 1. The fraction of sp³-hybridized carbons (Fsp3) is 0.500. The Kier molecular flexibility index (Phi) is 8.44. The zero-order valence-electron chi connectivity index (χ0n) is 14.0. The molecule has 5 nitrogen and oxygen atoms in total. The van der Waals surface area contributed by atoms with Crippen LogP contribution in [0, 0.1) is 19.3 Å². The van der Waals surface area contributed by atoms with E-state index in [-0.39, 0.29) is 29.9 Å². The molecule has 0 fully saturated rings. The summed E-state index contributed by atoms with van der Waals surface area (Å²) in [6.07, 6.45) is 0. The van der Waals surface area contributed by atoms with Gasteiger partial charge in [-0.25, -0.2) is 0 Å². The molecule has 0 bridgehead atoms. The van der Waals surface area contributed by atoms with E-state index in [0.29, 0.717) is 19.0 Å². The molecule has 1 aromatic carbocycles. The number of anilines is 1. The van der Waals surface area contributed by atoms with Crippen LogP contribution in [0.25, 0.3) is 0 Å². The van der Waals surface area contributed by atoms with Crippen molar-refractivity contribution in [2.75, 3.05) is 18.4 Å². The Labute approximate surface area is 150 Å². The smallest absolute Gasteiger partial charge is 0.227 e. The second-order valence-electron chi connectivity index (χ2n) is 5.95. The standard InChI is InChI=1S/C16H26N4O.HI/c1-6-18-14(21)16(4,5)10-19-15(17)20-13-8-11(2)7-12(3)9-13;/h7-9H,6,10H2,1-5H3,(H,18,21)(H3,17,19,20);1H. The molecule has 1 aromatic rings. The lowest BCUT2D eigenvalue weighted by Crippen LogP contribution is -2.39. The lowest BCUT2D eigenvalue weighted by atomic mass is 9.92. The molecular formula is C16H27IN4O. The van der Waals surface area contributed by atoms with Crippen LogP contribution in [0.1, 0.15) is 31.9 Å². The van der Waals surface area contributed by atoms with E-state index in [1.165, 1.54) is 0 Å². The van der Waals surface area contributed by atoms with Gasteiger partial charge in [-0.2, -0.15) is 0 Å². The zero-order chi connectivity index (χ0) is 16.0. The third kappa shape index (κ3) is 6.64.